The van der Waals surface area contributed by atoms with E-state index in [2.05, 4.69) is 0 Å². The minimum Gasteiger partial charge on any atom is -0.504 e. The van der Waals surface area contributed by atoms with Crippen molar-refractivity contribution < 1.29 is 30.5 Å². The van der Waals surface area contributed by atoms with E-state index in [0.717, 1.165) is 6.07 Å². The van der Waals surface area contributed by atoms with Gasteiger partial charge in [-0.1, -0.05) is 11.3 Å². The summed E-state index contributed by atoms with van der Waals surface area (Å²) in [5.41, 5.74) is 0.343. The van der Waals surface area contributed by atoms with Crippen molar-refractivity contribution in [1.82, 2.24) is 5.23 Å². The summed E-state index contributed by atoms with van der Waals surface area (Å²) in [4.78, 5) is 10.6. The van der Waals surface area contributed by atoms with E-state index < -0.39 is 23.0 Å². The minimum absolute atomic E-state index is 0.226. The number of aromatic hydroxyl groups is 2. The molecule has 0 spiro atoms. The van der Waals surface area contributed by atoms with Crippen molar-refractivity contribution in [2.45, 2.75) is 12.5 Å². The maximum atomic E-state index is 10.6. The third-order valence-corrected chi connectivity index (χ3v) is 2.03. The van der Waals surface area contributed by atoms with Crippen molar-refractivity contribution >= 4 is 5.97 Å². The smallest absolute Gasteiger partial charge is 0.326 e. The highest BCUT2D eigenvalue weighted by Crippen LogP contribution is 2.25. The number of hydroxylamine groups is 2. The lowest BCUT2D eigenvalue weighted by Gasteiger charge is -2.16. The lowest BCUT2D eigenvalue weighted by molar-refractivity contribution is -0.327. The minimum atomic E-state index is -1.54. The second-order valence-electron chi connectivity index (χ2n) is 3.20. The van der Waals surface area contributed by atoms with E-state index in [-0.39, 0.29) is 12.2 Å². The van der Waals surface area contributed by atoms with E-state index in [9.17, 15) is 4.79 Å². The number of phenolic OH excluding ortho intramolecular Hbond substituents is 2. The van der Waals surface area contributed by atoms with E-state index in [0.29, 0.717) is 5.56 Å². The average molecular weight is 229 g/mol. The molecule has 0 unspecified atom stereocenters. The van der Waals surface area contributed by atoms with Gasteiger partial charge in [0.15, 0.2) is 17.5 Å². The molecule has 0 bridgehead atoms. The Labute approximate surface area is 90.3 Å². The van der Waals surface area contributed by atoms with E-state index in [1.54, 1.807) is 0 Å². The first-order valence-electron chi connectivity index (χ1n) is 4.32. The largest absolute Gasteiger partial charge is 0.504 e. The first-order valence-corrected chi connectivity index (χ1v) is 4.32. The predicted octanol–water partition coefficient (Wildman–Crippen LogP) is 0.174. The molecule has 1 aromatic rings. The van der Waals surface area contributed by atoms with Crippen LogP contribution in [-0.2, 0) is 11.2 Å². The Bertz CT molecular complexity index is 392. The van der Waals surface area contributed by atoms with Crippen molar-refractivity contribution in [3.8, 4) is 11.5 Å². The highest BCUT2D eigenvalue weighted by molar-refractivity contribution is 5.73. The zero-order chi connectivity index (χ0) is 12.3. The molecule has 0 aliphatic heterocycles. The van der Waals surface area contributed by atoms with Gasteiger partial charge in [0, 0.05) is 6.42 Å². The molecule has 88 valence electrons. The lowest BCUT2D eigenvalue weighted by atomic mass is 10.1. The van der Waals surface area contributed by atoms with Crippen LogP contribution in [0.1, 0.15) is 5.56 Å². The van der Waals surface area contributed by atoms with Crippen molar-refractivity contribution in [2.75, 3.05) is 0 Å². The normalized spacial score (nSPS) is 12.7. The first kappa shape index (κ1) is 12.2. The second kappa shape index (κ2) is 4.79. The van der Waals surface area contributed by atoms with Crippen LogP contribution in [0.4, 0.5) is 0 Å². The summed E-state index contributed by atoms with van der Waals surface area (Å²) < 4.78 is 0. The Morgan fingerprint density at radius 3 is 2.31 bits per heavy atom. The summed E-state index contributed by atoms with van der Waals surface area (Å²) in [5.74, 6) is -2.15. The average Bonchev–Trinajstić information content (AvgIpc) is 2.18. The number of hydrogen-bond acceptors (Lipinski definition) is 6. The quantitative estimate of drug-likeness (QED) is 0.368. The summed E-state index contributed by atoms with van der Waals surface area (Å²) in [6.45, 7) is 0. The van der Waals surface area contributed by atoms with E-state index >= 15 is 0 Å². The summed E-state index contributed by atoms with van der Waals surface area (Å²) in [5, 5.41) is 43.7. The van der Waals surface area contributed by atoms with Crippen LogP contribution in [0.5, 0.6) is 11.5 Å². The summed E-state index contributed by atoms with van der Waals surface area (Å²) in [6, 6.07) is 2.16. The topological polar surface area (TPSA) is 121 Å². The molecule has 1 atom stereocenters. The van der Waals surface area contributed by atoms with Crippen molar-refractivity contribution in [1.29, 1.82) is 0 Å². The van der Waals surface area contributed by atoms with E-state index in [4.69, 9.17) is 25.7 Å². The number of rotatable bonds is 4. The zero-order valence-corrected chi connectivity index (χ0v) is 8.11. The third-order valence-electron chi connectivity index (χ3n) is 2.03. The van der Waals surface area contributed by atoms with Gasteiger partial charge in [0.05, 0.1) is 0 Å². The van der Waals surface area contributed by atoms with Gasteiger partial charge in [0.25, 0.3) is 0 Å². The summed E-state index contributed by atoms with van der Waals surface area (Å²) in [7, 11) is 0. The van der Waals surface area contributed by atoms with Gasteiger partial charge >= 0.3 is 5.97 Å². The fourth-order valence-electron chi connectivity index (χ4n) is 1.19. The Hall–Kier alpha value is -1.83. The number of carboxylic acids is 1. The van der Waals surface area contributed by atoms with Gasteiger partial charge in [-0.2, -0.15) is 0 Å². The molecule has 1 rings (SSSR count). The maximum Gasteiger partial charge on any atom is 0.326 e. The lowest BCUT2D eigenvalue weighted by Crippen LogP contribution is -2.38. The maximum absolute atomic E-state index is 10.6. The van der Waals surface area contributed by atoms with Gasteiger partial charge in [0.1, 0.15) is 0 Å². The van der Waals surface area contributed by atoms with Gasteiger partial charge in [-0.15, -0.1) is 0 Å². The molecule has 0 fully saturated rings. The zero-order valence-electron chi connectivity index (χ0n) is 8.11. The highest BCUT2D eigenvalue weighted by Gasteiger charge is 2.24. The number of nitrogens with zero attached hydrogens (tertiary/aromatic N) is 1. The molecule has 7 nitrogen and oxygen atoms in total. The third kappa shape index (κ3) is 2.83. The fourth-order valence-corrected chi connectivity index (χ4v) is 1.19. The van der Waals surface area contributed by atoms with Gasteiger partial charge in [-0.05, 0) is 17.7 Å². The molecule has 7 heteroatoms. The van der Waals surface area contributed by atoms with Crippen LogP contribution < -0.4 is 0 Å². The van der Waals surface area contributed by atoms with Crippen molar-refractivity contribution in [3.63, 3.8) is 0 Å². The molecular formula is C9H11NO6. The summed E-state index contributed by atoms with van der Waals surface area (Å²) in [6.07, 6.45) is -0.226. The Balaban J connectivity index is 2.86. The number of benzene rings is 1. The number of hydrogen-bond donors (Lipinski definition) is 5. The van der Waals surface area contributed by atoms with Gasteiger partial charge in [-0.25, -0.2) is 0 Å². The van der Waals surface area contributed by atoms with Crippen LogP contribution in [-0.4, -0.2) is 43.0 Å². The van der Waals surface area contributed by atoms with E-state index in [1.807, 2.05) is 0 Å². The molecule has 0 aliphatic rings. The number of phenols is 2. The predicted molar refractivity (Wildman–Crippen MR) is 50.3 cm³/mol. The van der Waals surface area contributed by atoms with Crippen LogP contribution >= 0.6 is 0 Å². The number of aliphatic carboxylic acids is 1. The number of carbonyl (C=O) groups is 1. The molecule has 16 heavy (non-hydrogen) atoms. The molecule has 0 aromatic heterocycles. The monoisotopic (exact) mass is 229 g/mol. The Morgan fingerprint density at radius 2 is 1.88 bits per heavy atom. The van der Waals surface area contributed by atoms with E-state index in [1.165, 1.54) is 12.1 Å². The van der Waals surface area contributed by atoms with Crippen LogP contribution in [0.2, 0.25) is 0 Å². The fraction of sp³-hybridized carbons (Fsp3) is 0.222. The van der Waals surface area contributed by atoms with Crippen LogP contribution in [0.3, 0.4) is 0 Å². The second-order valence-corrected chi connectivity index (χ2v) is 3.20. The van der Waals surface area contributed by atoms with Crippen molar-refractivity contribution in [3.05, 3.63) is 23.8 Å². The molecule has 0 saturated heterocycles. The molecule has 0 heterocycles. The van der Waals surface area contributed by atoms with Crippen LogP contribution in [0, 0.1) is 0 Å². The molecule has 1 aromatic carbocycles. The molecule has 0 saturated carbocycles. The molecule has 0 amide bonds. The summed E-state index contributed by atoms with van der Waals surface area (Å²) >= 11 is 0. The van der Waals surface area contributed by atoms with Gasteiger partial charge in [0.2, 0.25) is 0 Å². The van der Waals surface area contributed by atoms with Gasteiger partial charge < -0.3 is 15.3 Å². The number of carboxylic acid groups (broad SMARTS) is 1. The standard InChI is InChI=1S/C9H11NO6/c11-7-2-1-5(4-8(7)12)3-6(9(13)14)10(15)16/h1-2,4,6,11-12,15-16H,3H2,(H,13,14)/t6-/m0/s1. The van der Waals surface area contributed by atoms with Gasteiger partial charge in [-0.3, -0.25) is 15.2 Å². The SMILES string of the molecule is O=C(O)[C@H](Cc1ccc(O)c(O)c1)N(O)O. The molecular weight excluding hydrogens is 218 g/mol. The Kier molecular flexibility index (Phi) is 3.67. The highest BCUT2D eigenvalue weighted by atomic mass is 16.8. The molecule has 5 N–H and O–H groups in total. The molecule has 0 radical (unpaired) electrons. The first-order chi connectivity index (χ1) is 7.41. The van der Waals surface area contributed by atoms with Crippen LogP contribution in [0.25, 0.3) is 0 Å². The Morgan fingerprint density at radius 1 is 1.25 bits per heavy atom. The molecule has 0 aliphatic carbocycles. The van der Waals surface area contributed by atoms with Crippen molar-refractivity contribution in [2.24, 2.45) is 0 Å². The van der Waals surface area contributed by atoms with Crippen LogP contribution in [0.15, 0.2) is 18.2 Å².